The number of rotatable bonds is 7. The molecule has 0 aliphatic heterocycles. The van der Waals surface area contributed by atoms with E-state index in [0.29, 0.717) is 0 Å². The quantitative estimate of drug-likeness (QED) is 0.754. The highest BCUT2D eigenvalue weighted by Crippen LogP contribution is 2.24. The Morgan fingerprint density at radius 3 is 2.40 bits per heavy atom. The Bertz CT molecular complexity index is 860. The van der Waals surface area contributed by atoms with Gasteiger partial charge >= 0.3 is 5.97 Å². The molecule has 134 valence electrons. The normalized spacial score (nSPS) is 12.8. The SMILES string of the molecule is CN(C)S(=O)(=O)c1ccsc1C(=O)NC(Cc1ccccc1)C(=O)O. The minimum absolute atomic E-state index is 0.0342. The summed E-state index contributed by atoms with van der Waals surface area (Å²) in [5.74, 6) is -1.91. The summed E-state index contributed by atoms with van der Waals surface area (Å²) in [6.07, 6.45) is 0.100. The number of nitrogens with zero attached hydrogens (tertiary/aromatic N) is 1. The summed E-state index contributed by atoms with van der Waals surface area (Å²) in [4.78, 5) is 23.7. The molecule has 2 aromatic rings. The van der Waals surface area contributed by atoms with Crippen LogP contribution in [-0.2, 0) is 21.2 Å². The summed E-state index contributed by atoms with van der Waals surface area (Å²) in [6, 6.07) is 9.05. The van der Waals surface area contributed by atoms with Crippen molar-refractivity contribution in [1.82, 2.24) is 9.62 Å². The molecule has 1 heterocycles. The van der Waals surface area contributed by atoms with Crippen molar-refractivity contribution < 1.29 is 23.1 Å². The highest BCUT2D eigenvalue weighted by Gasteiger charge is 2.28. The van der Waals surface area contributed by atoms with Crippen LogP contribution in [0.5, 0.6) is 0 Å². The standard InChI is InChI=1S/C16H18N2O5S2/c1-18(2)25(22,23)13-8-9-24-14(13)15(19)17-12(16(20)21)10-11-6-4-3-5-7-11/h3-9,12H,10H2,1-2H3,(H,17,19)(H,20,21). The number of benzene rings is 1. The molecular formula is C16H18N2O5S2. The Morgan fingerprint density at radius 1 is 1.20 bits per heavy atom. The number of thiophene rings is 1. The lowest BCUT2D eigenvalue weighted by atomic mass is 10.1. The van der Waals surface area contributed by atoms with Gasteiger partial charge in [0, 0.05) is 20.5 Å². The van der Waals surface area contributed by atoms with Crippen molar-refractivity contribution in [1.29, 1.82) is 0 Å². The Kier molecular flexibility index (Phi) is 5.93. The van der Waals surface area contributed by atoms with Gasteiger partial charge in [0.2, 0.25) is 10.0 Å². The average molecular weight is 382 g/mol. The van der Waals surface area contributed by atoms with E-state index >= 15 is 0 Å². The third-order valence-electron chi connectivity index (χ3n) is 3.48. The van der Waals surface area contributed by atoms with E-state index in [1.807, 2.05) is 6.07 Å². The van der Waals surface area contributed by atoms with Gasteiger partial charge in [0.1, 0.15) is 15.8 Å². The maximum atomic E-state index is 12.5. The average Bonchev–Trinajstić information content (AvgIpc) is 3.05. The van der Waals surface area contributed by atoms with Crippen LogP contribution >= 0.6 is 11.3 Å². The molecule has 0 aliphatic rings. The molecule has 25 heavy (non-hydrogen) atoms. The summed E-state index contributed by atoms with van der Waals surface area (Å²) >= 11 is 0.951. The number of carbonyl (C=O) groups excluding carboxylic acids is 1. The molecule has 0 radical (unpaired) electrons. The van der Waals surface area contributed by atoms with Crippen LogP contribution in [-0.4, -0.2) is 49.8 Å². The van der Waals surface area contributed by atoms with Crippen LogP contribution in [0.4, 0.5) is 0 Å². The monoisotopic (exact) mass is 382 g/mol. The molecule has 0 bridgehead atoms. The molecule has 2 rings (SSSR count). The van der Waals surface area contributed by atoms with Crippen molar-refractivity contribution >= 4 is 33.2 Å². The molecule has 1 aromatic heterocycles. The maximum Gasteiger partial charge on any atom is 0.326 e. The summed E-state index contributed by atoms with van der Waals surface area (Å²) in [5, 5.41) is 13.3. The number of amides is 1. The van der Waals surface area contributed by atoms with Crippen molar-refractivity contribution in [3.8, 4) is 0 Å². The van der Waals surface area contributed by atoms with Crippen molar-refractivity contribution in [2.24, 2.45) is 0 Å². The van der Waals surface area contributed by atoms with Crippen LogP contribution in [0.3, 0.4) is 0 Å². The van der Waals surface area contributed by atoms with Gasteiger partial charge in [-0.1, -0.05) is 30.3 Å². The summed E-state index contributed by atoms with van der Waals surface area (Å²) in [5.41, 5.74) is 0.752. The van der Waals surface area contributed by atoms with E-state index in [4.69, 9.17) is 0 Å². The van der Waals surface area contributed by atoms with Gasteiger partial charge in [-0.2, -0.15) is 0 Å². The molecule has 2 N–H and O–H groups in total. The van der Waals surface area contributed by atoms with E-state index in [1.54, 1.807) is 24.3 Å². The second-order valence-corrected chi connectivity index (χ2v) is 8.49. The number of carboxylic acid groups (broad SMARTS) is 1. The predicted molar refractivity (Wildman–Crippen MR) is 94.2 cm³/mol. The Labute approximate surface area is 150 Å². The number of carbonyl (C=O) groups is 2. The minimum Gasteiger partial charge on any atom is -0.480 e. The van der Waals surface area contributed by atoms with Crippen molar-refractivity contribution in [3.05, 3.63) is 52.2 Å². The van der Waals surface area contributed by atoms with E-state index in [-0.39, 0.29) is 16.2 Å². The third kappa shape index (κ3) is 4.44. The van der Waals surface area contributed by atoms with Gasteiger partial charge in [0.15, 0.2) is 0 Å². The van der Waals surface area contributed by atoms with E-state index < -0.39 is 27.9 Å². The van der Waals surface area contributed by atoms with Gasteiger partial charge in [-0.3, -0.25) is 4.79 Å². The topological polar surface area (TPSA) is 104 Å². The lowest BCUT2D eigenvalue weighted by molar-refractivity contribution is -0.139. The smallest absolute Gasteiger partial charge is 0.326 e. The predicted octanol–water partition coefficient (Wildman–Crippen LogP) is 1.42. The number of hydrogen-bond acceptors (Lipinski definition) is 5. The van der Waals surface area contributed by atoms with Gasteiger partial charge in [-0.25, -0.2) is 17.5 Å². The van der Waals surface area contributed by atoms with Crippen LogP contribution in [0, 0.1) is 0 Å². The Balaban J connectivity index is 2.23. The number of hydrogen-bond donors (Lipinski definition) is 2. The summed E-state index contributed by atoms with van der Waals surface area (Å²) < 4.78 is 25.5. The first-order valence-electron chi connectivity index (χ1n) is 7.31. The van der Waals surface area contributed by atoms with E-state index in [9.17, 15) is 23.1 Å². The second kappa shape index (κ2) is 7.77. The minimum atomic E-state index is -3.79. The van der Waals surface area contributed by atoms with Crippen molar-refractivity contribution in [2.75, 3.05) is 14.1 Å². The molecule has 0 aliphatic carbocycles. The maximum absolute atomic E-state index is 12.5. The summed E-state index contributed by atoms with van der Waals surface area (Å²) in [6.45, 7) is 0. The van der Waals surface area contributed by atoms with Crippen LogP contribution in [0.2, 0.25) is 0 Å². The number of carboxylic acids is 1. The Hall–Kier alpha value is -2.23. The molecule has 1 unspecified atom stereocenters. The molecule has 1 aromatic carbocycles. The summed E-state index contributed by atoms with van der Waals surface area (Å²) in [7, 11) is -1.06. The molecule has 1 atom stereocenters. The van der Waals surface area contributed by atoms with Crippen molar-refractivity contribution in [3.63, 3.8) is 0 Å². The first kappa shape index (κ1) is 19.1. The molecule has 0 saturated carbocycles. The van der Waals surface area contributed by atoms with Gasteiger partial charge in [0.05, 0.1) is 0 Å². The van der Waals surface area contributed by atoms with Crippen LogP contribution in [0.25, 0.3) is 0 Å². The van der Waals surface area contributed by atoms with Gasteiger partial charge in [0.25, 0.3) is 5.91 Å². The molecule has 1 amide bonds. The largest absolute Gasteiger partial charge is 0.480 e. The zero-order valence-electron chi connectivity index (χ0n) is 13.7. The first-order chi connectivity index (χ1) is 11.7. The van der Waals surface area contributed by atoms with E-state index in [2.05, 4.69) is 5.32 Å². The highest BCUT2D eigenvalue weighted by molar-refractivity contribution is 7.89. The van der Waals surface area contributed by atoms with E-state index in [1.165, 1.54) is 25.5 Å². The molecule has 9 heteroatoms. The molecule has 0 spiro atoms. The zero-order valence-corrected chi connectivity index (χ0v) is 15.3. The number of sulfonamides is 1. The van der Waals surface area contributed by atoms with Crippen LogP contribution in [0.15, 0.2) is 46.7 Å². The fourth-order valence-corrected chi connectivity index (χ4v) is 4.33. The number of aliphatic carboxylic acids is 1. The number of nitrogens with one attached hydrogen (secondary N) is 1. The fourth-order valence-electron chi connectivity index (χ4n) is 2.14. The lowest BCUT2D eigenvalue weighted by Gasteiger charge is -2.16. The van der Waals surface area contributed by atoms with Gasteiger partial charge in [-0.05, 0) is 17.0 Å². The van der Waals surface area contributed by atoms with Gasteiger partial charge < -0.3 is 10.4 Å². The second-order valence-electron chi connectivity index (χ2n) is 5.46. The first-order valence-corrected chi connectivity index (χ1v) is 9.63. The molecule has 7 nitrogen and oxygen atoms in total. The van der Waals surface area contributed by atoms with E-state index in [0.717, 1.165) is 21.2 Å². The molecule has 0 saturated heterocycles. The lowest BCUT2D eigenvalue weighted by Crippen LogP contribution is -2.42. The fraction of sp³-hybridized carbons (Fsp3) is 0.250. The molecule has 0 fully saturated rings. The van der Waals surface area contributed by atoms with Gasteiger partial charge in [-0.15, -0.1) is 11.3 Å². The molecular weight excluding hydrogens is 364 g/mol. The Morgan fingerprint density at radius 2 is 1.84 bits per heavy atom. The zero-order chi connectivity index (χ0) is 18.6. The highest BCUT2D eigenvalue weighted by atomic mass is 32.2. The van der Waals surface area contributed by atoms with Crippen LogP contribution in [0.1, 0.15) is 15.2 Å². The van der Waals surface area contributed by atoms with Crippen LogP contribution < -0.4 is 5.32 Å². The third-order valence-corrected chi connectivity index (χ3v) is 6.38. The van der Waals surface area contributed by atoms with Crippen molar-refractivity contribution in [2.45, 2.75) is 17.4 Å².